The standard InChI is InChI=1S/C47H79NO9Se/c1-7-53-43(50)41(58-38-27-21-19-22-28-38)30-24-20-23-29-40-42-39(49)31-33-47(55-40,56-42)32-25-17-15-13-11-9-8-10-12-14-16-18-26-34-52-35-37-36-54-46(5,6)48(37)44(51)57-45(2,3)4/h19,21-22,27-28,37,39-42,49H,7-18,20,23-26,29-36H2,1-6H3/t37-,39+,40+,41?,42+,47+/m0/s1. The van der Waals surface area contributed by atoms with Gasteiger partial charge in [0.15, 0.2) is 0 Å². The van der Waals surface area contributed by atoms with Gasteiger partial charge in [-0.15, -0.1) is 0 Å². The molecule has 0 saturated carbocycles. The van der Waals surface area contributed by atoms with Gasteiger partial charge in [-0.1, -0.05) is 64.2 Å². The summed E-state index contributed by atoms with van der Waals surface area (Å²) in [5, 5.41) is 10.7. The molecule has 1 aromatic carbocycles. The molecule has 4 rings (SSSR count). The van der Waals surface area contributed by atoms with Crippen LogP contribution in [0.5, 0.6) is 0 Å². The van der Waals surface area contributed by atoms with Crippen molar-refractivity contribution in [3.05, 3.63) is 30.3 Å². The van der Waals surface area contributed by atoms with E-state index in [0.717, 1.165) is 64.2 Å². The third-order valence-electron chi connectivity index (χ3n) is 11.6. The predicted molar refractivity (Wildman–Crippen MR) is 230 cm³/mol. The summed E-state index contributed by atoms with van der Waals surface area (Å²) in [6.07, 6.45) is 22.4. The molecular formula is C47H79NO9Se. The zero-order valence-corrected chi connectivity index (χ0v) is 38.7. The number of hydrogen-bond acceptors (Lipinski definition) is 9. The monoisotopic (exact) mass is 881 g/mol. The van der Waals surface area contributed by atoms with Crippen molar-refractivity contribution in [1.29, 1.82) is 0 Å². The van der Waals surface area contributed by atoms with E-state index in [4.69, 9.17) is 28.4 Å². The molecule has 11 heteroatoms. The first kappa shape index (κ1) is 48.9. The molecule has 3 heterocycles. The van der Waals surface area contributed by atoms with E-state index in [1.165, 1.54) is 75.1 Å². The van der Waals surface area contributed by atoms with Gasteiger partial charge in [-0.05, 0) is 41.0 Å². The molecule has 0 spiro atoms. The molecule has 0 aromatic heterocycles. The first-order valence-electron chi connectivity index (χ1n) is 23.0. The van der Waals surface area contributed by atoms with Crippen molar-refractivity contribution < 1.29 is 43.1 Å². The molecule has 1 unspecified atom stereocenters. The first-order chi connectivity index (χ1) is 27.8. The van der Waals surface area contributed by atoms with Gasteiger partial charge in [-0.2, -0.15) is 0 Å². The molecule has 1 N–H and O–H groups in total. The number of nitrogens with zero attached hydrogens (tertiary/aromatic N) is 1. The molecule has 6 atom stereocenters. The van der Waals surface area contributed by atoms with Crippen LogP contribution in [0.3, 0.4) is 0 Å². The van der Waals surface area contributed by atoms with Crippen LogP contribution in [0.15, 0.2) is 30.3 Å². The summed E-state index contributed by atoms with van der Waals surface area (Å²) < 4.78 is 37.2. The molecule has 0 aliphatic carbocycles. The molecule has 1 aromatic rings. The average Bonchev–Trinajstić information content (AvgIpc) is 3.66. The van der Waals surface area contributed by atoms with Crippen molar-refractivity contribution in [2.24, 2.45) is 0 Å². The van der Waals surface area contributed by atoms with E-state index >= 15 is 0 Å². The van der Waals surface area contributed by atoms with Gasteiger partial charge in [0.1, 0.15) is 11.3 Å². The fourth-order valence-electron chi connectivity index (χ4n) is 8.56. The Morgan fingerprint density at radius 2 is 1.50 bits per heavy atom. The van der Waals surface area contributed by atoms with Crippen LogP contribution in [0.2, 0.25) is 4.82 Å². The number of unbranched alkanes of at least 4 members (excludes halogenated alkanes) is 14. The van der Waals surface area contributed by atoms with Gasteiger partial charge in [-0.25, -0.2) is 4.79 Å². The number of esters is 1. The Morgan fingerprint density at radius 1 is 0.879 bits per heavy atom. The number of fused-ring (bicyclic) bond motifs is 2. The van der Waals surface area contributed by atoms with Gasteiger partial charge in [0.05, 0.1) is 19.3 Å². The van der Waals surface area contributed by atoms with E-state index in [1.807, 2.05) is 59.7 Å². The number of ether oxygens (including phenoxy) is 6. The molecule has 3 fully saturated rings. The topological polar surface area (TPSA) is 113 Å². The maximum absolute atomic E-state index is 12.8. The molecule has 1 amide bonds. The number of benzene rings is 1. The van der Waals surface area contributed by atoms with E-state index in [9.17, 15) is 14.7 Å². The quantitative estimate of drug-likeness (QED) is 0.0500. The Balaban J connectivity index is 0.963. The van der Waals surface area contributed by atoms with Crippen LogP contribution < -0.4 is 4.46 Å². The molecular weight excluding hydrogens is 801 g/mol. The zero-order valence-electron chi connectivity index (χ0n) is 37.0. The number of rotatable bonds is 28. The molecule has 58 heavy (non-hydrogen) atoms. The minimum absolute atomic E-state index is 0.0448. The van der Waals surface area contributed by atoms with Crippen LogP contribution >= 0.6 is 0 Å². The molecule has 3 aliphatic rings. The SMILES string of the molecule is CCOC(=O)C(CCCCC[C@H]1O[C@@]2(CCCCCCCCCCCCCCCOC[C@H]3COC(C)(C)N3C(=O)OC(C)(C)C)CC[C@@H](O)[C@H]1O2)[Se]c1ccccc1. The van der Waals surface area contributed by atoms with Crippen LogP contribution in [0, 0.1) is 0 Å². The summed E-state index contributed by atoms with van der Waals surface area (Å²) in [6, 6.07) is 10.2. The van der Waals surface area contributed by atoms with E-state index < -0.39 is 23.2 Å². The fraction of sp³-hybridized carbons (Fsp3) is 0.830. The Morgan fingerprint density at radius 3 is 2.14 bits per heavy atom. The van der Waals surface area contributed by atoms with Gasteiger partial charge in [0.2, 0.25) is 0 Å². The molecule has 10 nitrogen and oxygen atoms in total. The normalized spacial score (nSPS) is 24.6. The van der Waals surface area contributed by atoms with Crippen LogP contribution in [0.4, 0.5) is 4.79 Å². The van der Waals surface area contributed by atoms with Crippen LogP contribution in [-0.2, 0) is 33.2 Å². The summed E-state index contributed by atoms with van der Waals surface area (Å²) in [7, 11) is 0. The van der Waals surface area contributed by atoms with Crippen LogP contribution in [-0.4, -0.2) is 105 Å². The molecule has 3 aliphatic heterocycles. The fourth-order valence-corrected chi connectivity index (χ4v) is 10.9. The van der Waals surface area contributed by atoms with Crippen molar-refractivity contribution in [1.82, 2.24) is 4.90 Å². The average molecular weight is 881 g/mol. The summed E-state index contributed by atoms with van der Waals surface area (Å²) in [5.41, 5.74) is -1.24. The van der Waals surface area contributed by atoms with Gasteiger partial charge in [-0.3, -0.25) is 4.90 Å². The van der Waals surface area contributed by atoms with Crippen molar-refractivity contribution in [3.8, 4) is 0 Å². The van der Waals surface area contributed by atoms with Crippen LogP contribution in [0.25, 0.3) is 0 Å². The van der Waals surface area contributed by atoms with E-state index in [2.05, 4.69) is 12.1 Å². The third-order valence-corrected chi connectivity index (χ3v) is 14.3. The third kappa shape index (κ3) is 17.0. The summed E-state index contributed by atoms with van der Waals surface area (Å²) in [6.45, 7) is 13.4. The van der Waals surface area contributed by atoms with E-state index in [-0.39, 0.29) is 50.1 Å². The van der Waals surface area contributed by atoms with E-state index in [1.54, 1.807) is 4.90 Å². The second kappa shape index (κ2) is 25.3. The summed E-state index contributed by atoms with van der Waals surface area (Å²) in [5.74, 6) is -0.578. The Kier molecular flexibility index (Phi) is 21.3. The molecule has 2 bridgehead atoms. The van der Waals surface area contributed by atoms with Gasteiger partial charge >= 0.3 is 193 Å². The molecule has 332 valence electrons. The second-order valence-electron chi connectivity index (χ2n) is 18.2. The number of hydrogen-bond donors (Lipinski definition) is 1. The van der Waals surface area contributed by atoms with Crippen LogP contribution in [0.1, 0.15) is 176 Å². The Labute approximate surface area is 357 Å². The number of amides is 1. The Hall–Kier alpha value is -1.72. The minimum atomic E-state index is -0.694. The number of aliphatic hydroxyl groups is 1. The number of carbonyl (C=O) groups is 2. The van der Waals surface area contributed by atoms with Gasteiger partial charge in [0.25, 0.3) is 0 Å². The van der Waals surface area contributed by atoms with Crippen molar-refractivity contribution in [3.63, 3.8) is 0 Å². The van der Waals surface area contributed by atoms with Gasteiger partial charge < -0.3 is 14.2 Å². The molecule has 3 saturated heterocycles. The van der Waals surface area contributed by atoms with Crippen molar-refractivity contribution in [2.75, 3.05) is 26.4 Å². The number of carbonyl (C=O) groups excluding carboxylic acids is 2. The number of aliphatic hydroxyl groups excluding tert-OH is 1. The first-order valence-corrected chi connectivity index (χ1v) is 24.8. The van der Waals surface area contributed by atoms with Gasteiger partial charge in [0, 0.05) is 6.61 Å². The summed E-state index contributed by atoms with van der Waals surface area (Å²) in [4.78, 5) is 27.1. The van der Waals surface area contributed by atoms with Crippen molar-refractivity contribution >= 4 is 31.5 Å². The molecule has 0 radical (unpaired) electrons. The second-order valence-corrected chi connectivity index (χ2v) is 20.9. The predicted octanol–water partition coefficient (Wildman–Crippen LogP) is 9.80. The zero-order chi connectivity index (χ0) is 41.9. The summed E-state index contributed by atoms with van der Waals surface area (Å²) >= 11 is 0.0613. The van der Waals surface area contributed by atoms with Crippen molar-refractivity contribution in [2.45, 2.75) is 223 Å². The van der Waals surface area contributed by atoms with E-state index in [0.29, 0.717) is 26.4 Å². The maximum atomic E-state index is 12.8. The Bertz CT molecular complexity index is 1310.